The molecule has 0 aliphatic heterocycles. The van der Waals surface area contributed by atoms with E-state index in [4.69, 9.17) is 23.2 Å². The number of carboxylic acid groups (broad SMARTS) is 1. The molecule has 1 N–H and O–H groups in total. The van der Waals surface area contributed by atoms with Crippen molar-refractivity contribution < 1.29 is 41.4 Å². The number of hydrogen-bond donors (Lipinski definition) is 1. The quantitative estimate of drug-likeness (QED) is 0.201. The molecule has 8 nitrogen and oxygen atoms in total. The average molecular weight is 647 g/mol. The second-order valence-electron chi connectivity index (χ2n) is 10.4. The summed E-state index contributed by atoms with van der Waals surface area (Å²) >= 11 is 12.1. The number of carboxylic acids is 1. The van der Waals surface area contributed by atoms with Gasteiger partial charge in [-0.1, -0.05) is 30.1 Å². The monoisotopic (exact) mass is 646 g/mol. The van der Waals surface area contributed by atoms with Crippen molar-refractivity contribution in [2.75, 3.05) is 6.54 Å². The van der Waals surface area contributed by atoms with Crippen LogP contribution in [-0.2, 0) is 17.5 Å². The first-order valence-electron chi connectivity index (χ1n) is 13.1. The van der Waals surface area contributed by atoms with Gasteiger partial charge in [0.25, 0.3) is 5.91 Å². The molecule has 0 radical (unpaired) electrons. The van der Waals surface area contributed by atoms with Crippen molar-refractivity contribution in [3.8, 4) is 0 Å². The topological polar surface area (TPSA) is 105 Å². The number of hydrogen-bond acceptors (Lipinski definition) is 5. The molecule has 1 aliphatic carbocycles. The number of pyridine rings is 1. The third-order valence-corrected chi connectivity index (χ3v) is 8.10. The fourth-order valence-electron chi connectivity index (χ4n) is 5.35. The minimum atomic E-state index is -5.05. The van der Waals surface area contributed by atoms with Gasteiger partial charge in [0.05, 0.1) is 45.9 Å². The van der Waals surface area contributed by atoms with Crippen molar-refractivity contribution >= 4 is 40.9 Å². The predicted molar refractivity (Wildman–Crippen MR) is 145 cm³/mol. The van der Waals surface area contributed by atoms with Crippen LogP contribution in [0.4, 0.5) is 22.0 Å². The molecule has 0 unspecified atom stereocenters. The molecule has 0 spiro atoms. The lowest BCUT2D eigenvalue weighted by Crippen LogP contribution is -2.37. The molecular weight excluding hydrogens is 622 g/mol. The zero-order chi connectivity index (χ0) is 31.6. The van der Waals surface area contributed by atoms with Gasteiger partial charge in [0.15, 0.2) is 11.5 Å². The number of alkyl halides is 3. The Kier molecular flexibility index (Phi) is 9.75. The van der Waals surface area contributed by atoms with Gasteiger partial charge < -0.3 is 10.0 Å². The molecule has 2 heterocycles. The lowest BCUT2D eigenvalue weighted by molar-refractivity contribution is -0.145. The third kappa shape index (κ3) is 7.32. The van der Waals surface area contributed by atoms with E-state index in [0.29, 0.717) is 28.5 Å². The van der Waals surface area contributed by atoms with Crippen molar-refractivity contribution in [3.63, 3.8) is 0 Å². The van der Waals surface area contributed by atoms with E-state index in [1.165, 1.54) is 0 Å². The van der Waals surface area contributed by atoms with Crippen molar-refractivity contribution in [1.29, 1.82) is 0 Å². The number of halogens is 7. The zero-order valence-corrected chi connectivity index (χ0v) is 24.1. The lowest BCUT2D eigenvalue weighted by Gasteiger charge is -2.32. The van der Waals surface area contributed by atoms with Crippen LogP contribution in [0.1, 0.15) is 70.6 Å². The summed E-state index contributed by atoms with van der Waals surface area (Å²) < 4.78 is 72.0. The SMILES string of the molecule is C[C@H](C(=O)O)C1CCC(n2ncc(C(=O)N(CC(=O)c3c(Cl)cncc3Cl)Cc3cc(F)cc(F)c3)c2C(F)(F)F)CC1. The maximum Gasteiger partial charge on any atom is 0.433 e. The Morgan fingerprint density at radius 3 is 2.14 bits per heavy atom. The Bertz CT molecular complexity index is 1500. The molecule has 1 saturated carbocycles. The number of aromatic nitrogens is 3. The minimum absolute atomic E-state index is 0.127. The van der Waals surface area contributed by atoms with Crippen molar-refractivity contribution in [2.45, 2.75) is 51.4 Å². The van der Waals surface area contributed by atoms with E-state index >= 15 is 0 Å². The molecule has 1 fully saturated rings. The van der Waals surface area contributed by atoms with E-state index in [1.807, 2.05) is 0 Å². The molecule has 4 rings (SSSR count). The Balaban J connectivity index is 1.70. The third-order valence-electron chi connectivity index (χ3n) is 7.53. The van der Waals surface area contributed by atoms with E-state index in [2.05, 4.69) is 10.1 Å². The molecule has 1 aromatic carbocycles. The predicted octanol–water partition coefficient (Wildman–Crippen LogP) is 6.86. The van der Waals surface area contributed by atoms with E-state index < -0.39 is 71.8 Å². The fourth-order valence-corrected chi connectivity index (χ4v) is 5.92. The van der Waals surface area contributed by atoms with E-state index in [-0.39, 0.29) is 39.9 Å². The highest BCUT2D eigenvalue weighted by Crippen LogP contribution is 2.41. The Morgan fingerprint density at radius 2 is 1.60 bits per heavy atom. The highest BCUT2D eigenvalue weighted by atomic mass is 35.5. The van der Waals surface area contributed by atoms with Gasteiger partial charge in [-0.25, -0.2) is 8.78 Å². The van der Waals surface area contributed by atoms with Crippen LogP contribution in [0.5, 0.6) is 0 Å². The van der Waals surface area contributed by atoms with E-state index in [1.54, 1.807) is 6.92 Å². The maximum absolute atomic E-state index is 14.5. The number of rotatable bonds is 9. The second kappa shape index (κ2) is 13.0. The smallest absolute Gasteiger partial charge is 0.433 e. The molecule has 0 bridgehead atoms. The van der Waals surface area contributed by atoms with Crippen LogP contribution in [-0.4, -0.2) is 49.0 Å². The van der Waals surface area contributed by atoms with Crippen LogP contribution in [0.2, 0.25) is 10.0 Å². The number of aliphatic carboxylic acids is 1. The largest absolute Gasteiger partial charge is 0.481 e. The van der Waals surface area contributed by atoms with Crippen molar-refractivity contribution in [3.05, 3.63) is 80.9 Å². The van der Waals surface area contributed by atoms with Gasteiger partial charge in [-0.3, -0.25) is 24.0 Å². The van der Waals surface area contributed by atoms with Gasteiger partial charge >= 0.3 is 12.1 Å². The van der Waals surface area contributed by atoms with Gasteiger partial charge in [0, 0.05) is 25.0 Å². The van der Waals surface area contributed by atoms with Crippen LogP contribution in [0.25, 0.3) is 0 Å². The number of carbonyl (C=O) groups is 3. The molecular formula is C28H25Cl2F5N4O4. The molecule has 1 amide bonds. The fraction of sp³-hybridized carbons (Fsp3) is 0.393. The minimum Gasteiger partial charge on any atom is -0.481 e. The number of nitrogens with zero attached hydrogens (tertiary/aromatic N) is 4. The summed E-state index contributed by atoms with van der Waals surface area (Å²) in [7, 11) is 0. The first-order chi connectivity index (χ1) is 20.2. The summed E-state index contributed by atoms with van der Waals surface area (Å²) in [5.74, 6) is -6.00. The maximum atomic E-state index is 14.5. The Labute approximate surface area is 252 Å². The first-order valence-corrected chi connectivity index (χ1v) is 13.9. The number of benzene rings is 1. The summed E-state index contributed by atoms with van der Waals surface area (Å²) in [4.78, 5) is 42.7. The van der Waals surface area contributed by atoms with Crippen LogP contribution >= 0.6 is 23.2 Å². The normalized spacial score (nSPS) is 17.9. The van der Waals surface area contributed by atoms with Crippen molar-refractivity contribution in [1.82, 2.24) is 19.7 Å². The molecule has 1 aliphatic rings. The summed E-state index contributed by atoms with van der Waals surface area (Å²) in [6.07, 6.45) is -0.984. The Hall–Kier alpha value is -3.58. The molecule has 1 atom stereocenters. The number of amides is 1. The second-order valence-corrected chi connectivity index (χ2v) is 11.2. The number of Topliss-reactive ketones (excluding diaryl/α,β-unsaturated/α-hetero) is 1. The summed E-state index contributed by atoms with van der Waals surface area (Å²) in [6.45, 7) is 0.0626. The average Bonchev–Trinajstić information content (AvgIpc) is 3.37. The van der Waals surface area contributed by atoms with Gasteiger partial charge in [0.2, 0.25) is 0 Å². The summed E-state index contributed by atoms with van der Waals surface area (Å²) in [5.41, 5.74) is -2.58. The Morgan fingerprint density at radius 1 is 1.02 bits per heavy atom. The molecule has 15 heteroatoms. The summed E-state index contributed by atoms with van der Waals surface area (Å²) in [5, 5.41) is 12.9. The highest BCUT2D eigenvalue weighted by molar-refractivity contribution is 6.39. The van der Waals surface area contributed by atoms with Gasteiger partial charge in [-0.15, -0.1) is 0 Å². The van der Waals surface area contributed by atoms with Crippen LogP contribution < -0.4 is 0 Å². The molecule has 0 saturated heterocycles. The van der Waals surface area contributed by atoms with Crippen LogP contribution in [0.3, 0.4) is 0 Å². The van der Waals surface area contributed by atoms with E-state index in [9.17, 15) is 41.4 Å². The van der Waals surface area contributed by atoms with Crippen LogP contribution in [0.15, 0.2) is 36.8 Å². The van der Waals surface area contributed by atoms with Crippen LogP contribution in [0, 0.1) is 23.5 Å². The molecule has 43 heavy (non-hydrogen) atoms. The standard InChI is InChI=1S/C28H25Cl2F5N4O4/c1-14(27(42)43)16-2-4-19(5-3-16)39-25(28(33,34)35)20(9-37-39)26(41)38(12-15-6-17(31)8-18(32)7-15)13-23(40)24-21(29)10-36-11-22(24)30/h6-11,14,16,19H,2-5,12-13H2,1H3,(H,42,43)/t14-,16?,19?/m0/s1. The number of ketones is 1. The van der Waals surface area contributed by atoms with E-state index in [0.717, 1.165) is 30.7 Å². The number of carbonyl (C=O) groups excluding carboxylic acids is 2. The van der Waals surface area contributed by atoms with Gasteiger partial charge in [0.1, 0.15) is 11.6 Å². The summed E-state index contributed by atoms with van der Waals surface area (Å²) in [6, 6.07) is 1.57. The molecule has 230 valence electrons. The molecule has 2 aromatic heterocycles. The van der Waals surface area contributed by atoms with Gasteiger partial charge in [-0.2, -0.15) is 18.3 Å². The van der Waals surface area contributed by atoms with Crippen molar-refractivity contribution in [2.24, 2.45) is 11.8 Å². The lowest BCUT2D eigenvalue weighted by atomic mass is 9.79. The zero-order valence-electron chi connectivity index (χ0n) is 22.5. The highest BCUT2D eigenvalue weighted by Gasteiger charge is 2.43. The first kappa shape index (κ1) is 32.3. The molecule has 3 aromatic rings. The van der Waals surface area contributed by atoms with Gasteiger partial charge in [-0.05, 0) is 49.3 Å².